The SMILES string of the molecule is CCP(=O)(O)OCCC(=O)O. The lowest BCUT2D eigenvalue weighted by Gasteiger charge is -2.07. The summed E-state index contributed by atoms with van der Waals surface area (Å²) in [6.45, 7) is 1.29. The predicted octanol–water partition coefficient (Wildman–Crippen LogP) is 0.683. The lowest BCUT2D eigenvalue weighted by atomic mass is 10.5. The van der Waals surface area contributed by atoms with Gasteiger partial charge in [-0.2, -0.15) is 0 Å². The molecule has 0 saturated heterocycles. The number of aliphatic carboxylic acids is 1. The standard InChI is InChI=1S/C5H11O5P/c1-2-11(8,9)10-4-3-5(6)7/h2-4H2,1H3,(H,6,7)(H,8,9). The molecule has 0 aliphatic rings. The maximum absolute atomic E-state index is 10.7. The molecule has 0 radical (unpaired) electrons. The lowest BCUT2D eigenvalue weighted by molar-refractivity contribution is -0.137. The maximum Gasteiger partial charge on any atom is 0.327 e. The zero-order valence-electron chi connectivity index (χ0n) is 6.19. The summed E-state index contributed by atoms with van der Waals surface area (Å²) in [6, 6.07) is 0. The highest BCUT2D eigenvalue weighted by Gasteiger charge is 2.15. The lowest BCUT2D eigenvalue weighted by Crippen LogP contribution is -2.02. The molecule has 0 heterocycles. The third kappa shape index (κ3) is 6.04. The Bertz CT molecular complexity index is 178. The average Bonchev–Trinajstić information content (AvgIpc) is 1.87. The van der Waals surface area contributed by atoms with E-state index in [1.165, 1.54) is 6.92 Å². The fourth-order valence-electron chi connectivity index (χ4n) is 0.367. The van der Waals surface area contributed by atoms with Crippen LogP contribution in [0.25, 0.3) is 0 Å². The van der Waals surface area contributed by atoms with Gasteiger partial charge in [-0.15, -0.1) is 0 Å². The highest BCUT2D eigenvalue weighted by molar-refractivity contribution is 7.52. The number of rotatable bonds is 5. The summed E-state index contributed by atoms with van der Waals surface area (Å²) in [5, 5.41) is 8.13. The van der Waals surface area contributed by atoms with Crippen molar-refractivity contribution in [3.8, 4) is 0 Å². The van der Waals surface area contributed by atoms with Crippen molar-refractivity contribution in [3.05, 3.63) is 0 Å². The van der Waals surface area contributed by atoms with Gasteiger partial charge in [-0.25, -0.2) is 0 Å². The Kier molecular flexibility index (Phi) is 4.33. The van der Waals surface area contributed by atoms with Crippen LogP contribution in [0.4, 0.5) is 0 Å². The Balaban J connectivity index is 3.54. The molecule has 1 unspecified atom stereocenters. The molecule has 0 aromatic carbocycles. The van der Waals surface area contributed by atoms with Crippen LogP contribution in [0.1, 0.15) is 13.3 Å². The molecule has 1 atom stereocenters. The summed E-state index contributed by atoms with van der Waals surface area (Å²) in [5.74, 6) is -1.04. The van der Waals surface area contributed by atoms with Crippen molar-refractivity contribution in [1.82, 2.24) is 0 Å². The second-order valence-corrected chi connectivity index (χ2v) is 4.10. The fraction of sp³-hybridized carbons (Fsp3) is 0.800. The molecule has 6 heteroatoms. The highest BCUT2D eigenvalue weighted by atomic mass is 31.2. The summed E-state index contributed by atoms with van der Waals surface area (Å²) in [5.41, 5.74) is 0. The zero-order valence-corrected chi connectivity index (χ0v) is 7.08. The van der Waals surface area contributed by atoms with Crippen LogP contribution >= 0.6 is 7.60 Å². The maximum atomic E-state index is 10.7. The molecule has 0 aromatic heterocycles. The largest absolute Gasteiger partial charge is 0.481 e. The van der Waals surface area contributed by atoms with E-state index >= 15 is 0 Å². The quantitative estimate of drug-likeness (QED) is 0.611. The van der Waals surface area contributed by atoms with E-state index in [0.29, 0.717) is 0 Å². The number of carboxylic acid groups (broad SMARTS) is 1. The Morgan fingerprint density at radius 3 is 2.55 bits per heavy atom. The second kappa shape index (κ2) is 4.49. The molecule has 11 heavy (non-hydrogen) atoms. The van der Waals surface area contributed by atoms with E-state index in [0.717, 1.165) is 0 Å². The predicted molar refractivity (Wildman–Crippen MR) is 38.6 cm³/mol. The highest BCUT2D eigenvalue weighted by Crippen LogP contribution is 2.40. The summed E-state index contributed by atoms with van der Waals surface area (Å²) >= 11 is 0. The minimum Gasteiger partial charge on any atom is -0.481 e. The summed E-state index contributed by atoms with van der Waals surface area (Å²) in [6.07, 6.45) is -0.239. The molecule has 0 aliphatic heterocycles. The number of carbonyl (C=O) groups is 1. The van der Waals surface area contributed by atoms with E-state index in [1.54, 1.807) is 0 Å². The van der Waals surface area contributed by atoms with Crippen molar-refractivity contribution < 1.29 is 23.9 Å². The van der Waals surface area contributed by atoms with Gasteiger partial charge in [0.2, 0.25) is 0 Å². The van der Waals surface area contributed by atoms with Crippen LogP contribution in [-0.4, -0.2) is 28.7 Å². The molecule has 66 valence electrons. The minimum absolute atomic E-state index is 0.00657. The van der Waals surface area contributed by atoms with Crippen molar-refractivity contribution in [2.75, 3.05) is 12.8 Å². The van der Waals surface area contributed by atoms with Gasteiger partial charge in [-0.3, -0.25) is 9.36 Å². The molecular formula is C5H11O5P. The van der Waals surface area contributed by atoms with E-state index in [4.69, 9.17) is 10.00 Å². The summed E-state index contributed by atoms with van der Waals surface area (Å²) in [4.78, 5) is 18.7. The van der Waals surface area contributed by atoms with Gasteiger partial charge >= 0.3 is 13.6 Å². The Hall–Kier alpha value is -0.380. The molecule has 2 N–H and O–H groups in total. The van der Waals surface area contributed by atoms with Gasteiger partial charge < -0.3 is 14.5 Å². The Morgan fingerprint density at radius 1 is 1.64 bits per heavy atom. The molecule has 0 bridgehead atoms. The molecule has 0 spiro atoms. The first kappa shape index (κ1) is 10.6. The minimum atomic E-state index is -3.49. The van der Waals surface area contributed by atoms with Gasteiger partial charge in [0.1, 0.15) is 0 Å². The van der Waals surface area contributed by atoms with Crippen LogP contribution in [-0.2, 0) is 13.9 Å². The van der Waals surface area contributed by atoms with Gasteiger partial charge in [0.25, 0.3) is 0 Å². The first-order valence-electron chi connectivity index (χ1n) is 3.16. The van der Waals surface area contributed by atoms with E-state index in [9.17, 15) is 9.36 Å². The van der Waals surface area contributed by atoms with Crippen LogP contribution in [0.3, 0.4) is 0 Å². The normalized spacial score (nSPS) is 15.8. The van der Waals surface area contributed by atoms with Crippen molar-refractivity contribution in [2.24, 2.45) is 0 Å². The van der Waals surface area contributed by atoms with Crippen LogP contribution in [0.5, 0.6) is 0 Å². The molecule has 0 saturated carbocycles. The van der Waals surface area contributed by atoms with E-state index in [-0.39, 0.29) is 19.2 Å². The monoisotopic (exact) mass is 182 g/mol. The zero-order chi connectivity index (χ0) is 8.91. The van der Waals surface area contributed by atoms with Crippen molar-refractivity contribution in [3.63, 3.8) is 0 Å². The van der Waals surface area contributed by atoms with Crippen molar-refractivity contribution in [1.29, 1.82) is 0 Å². The topological polar surface area (TPSA) is 83.8 Å². The van der Waals surface area contributed by atoms with Gasteiger partial charge in [-0.1, -0.05) is 6.92 Å². The average molecular weight is 182 g/mol. The first-order chi connectivity index (χ1) is 4.98. The third-order valence-corrected chi connectivity index (χ3v) is 2.39. The smallest absolute Gasteiger partial charge is 0.327 e. The molecule has 0 rings (SSSR count). The number of carboxylic acids is 1. The van der Waals surface area contributed by atoms with Crippen LogP contribution in [0.2, 0.25) is 0 Å². The van der Waals surface area contributed by atoms with Crippen molar-refractivity contribution >= 4 is 13.6 Å². The summed E-state index contributed by atoms with van der Waals surface area (Å²) in [7, 11) is -3.49. The second-order valence-electron chi connectivity index (χ2n) is 1.93. The summed E-state index contributed by atoms with van der Waals surface area (Å²) < 4.78 is 15.1. The van der Waals surface area contributed by atoms with Gasteiger partial charge in [-0.05, 0) is 0 Å². The van der Waals surface area contributed by atoms with Gasteiger partial charge in [0.05, 0.1) is 13.0 Å². The Labute approximate surface area is 64.5 Å². The van der Waals surface area contributed by atoms with Gasteiger partial charge in [0.15, 0.2) is 0 Å². The van der Waals surface area contributed by atoms with Crippen LogP contribution < -0.4 is 0 Å². The molecule has 5 nitrogen and oxygen atoms in total. The third-order valence-electron chi connectivity index (χ3n) is 1.01. The number of hydrogen-bond donors (Lipinski definition) is 2. The fourth-order valence-corrected chi connectivity index (χ4v) is 0.926. The van der Waals surface area contributed by atoms with Crippen LogP contribution in [0.15, 0.2) is 0 Å². The number of hydrogen-bond acceptors (Lipinski definition) is 3. The molecule has 0 fully saturated rings. The van der Waals surface area contributed by atoms with E-state index in [1.807, 2.05) is 0 Å². The Morgan fingerprint density at radius 2 is 2.18 bits per heavy atom. The van der Waals surface area contributed by atoms with E-state index < -0.39 is 13.6 Å². The van der Waals surface area contributed by atoms with Crippen LogP contribution in [0, 0.1) is 0 Å². The molecule has 0 aliphatic carbocycles. The molecule has 0 amide bonds. The molecule has 0 aromatic rings. The van der Waals surface area contributed by atoms with E-state index in [2.05, 4.69) is 4.52 Å². The first-order valence-corrected chi connectivity index (χ1v) is 4.92. The van der Waals surface area contributed by atoms with Crippen molar-refractivity contribution in [2.45, 2.75) is 13.3 Å². The molecular weight excluding hydrogens is 171 g/mol. The van der Waals surface area contributed by atoms with Gasteiger partial charge in [0, 0.05) is 6.16 Å².